The van der Waals surface area contributed by atoms with Crippen LogP contribution in [0.15, 0.2) is 0 Å². The van der Waals surface area contributed by atoms with Crippen molar-refractivity contribution in [3.8, 4) is 0 Å². The van der Waals surface area contributed by atoms with Crippen molar-refractivity contribution in [2.45, 2.75) is 31.3 Å². The van der Waals surface area contributed by atoms with Crippen molar-refractivity contribution in [1.29, 1.82) is 0 Å². The molecule has 0 radical (unpaired) electrons. The molecule has 100 valence electrons. The molecule has 0 bridgehead atoms. The van der Waals surface area contributed by atoms with E-state index in [9.17, 15) is 0 Å². The number of nitrogens with one attached hydrogen (secondary N) is 1. The molecule has 1 N–H and O–H groups in total. The molecule has 2 heterocycles. The number of nitrogens with zero attached hydrogens (tertiary/aromatic N) is 2. The molecule has 0 aliphatic carbocycles. The van der Waals surface area contributed by atoms with Gasteiger partial charge in [0.2, 0.25) is 0 Å². The van der Waals surface area contributed by atoms with Gasteiger partial charge in [-0.2, -0.15) is 11.8 Å². The third-order valence-electron chi connectivity index (χ3n) is 2.82. The maximum absolute atomic E-state index is 4.73. The number of rotatable bonds is 3. The second kappa shape index (κ2) is 6.65. The van der Waals surface area contributed by atoms with Crippen molar-refractivity contribution in [3.63, 3.8) is 0 Å². The molecule has 1 aliphatic rings. The first-order chi connectivity index (χ1) is 8.63. The van der Waals surface area contributed by atoms with Gasteiger partial charge in [-0.3, -0.25) is 0 Å². The monoisotopic (exact) mass is 395 g/mol. The minimum absolute atomic E-state index is 0.428. The second-order valence-corrected chi connectivity index (χ2v) is 8.04. The number of hydrogen-bond donors (Lipinski definition) is 1. The van der Waals surface area contributed by atoms with E-state index in [1.807, 2.05) is 23.5 Å². The zero-order valence-electron chi connectivity index (χ0n) is 10.9. The van der Waals surface area contributed by atoms with Crippen molar-refractivity contribution >= 4 is 51.9 Å². The van der Waals surface area contributed by atoms with E-state index < -0.39 is 0 Å². The number of anilines is 1. The van der Waals surface area contributed by atoms with Crippen LogP contribution in [0.25, 0.3) is 0 Å². The van der Waals surface area contributed by atoms with Crippen LogP contribution in [0.3, 0.4) is 0 Å². The largest absolute Gasteiger partial charge is 0.369 e. The predicted octanol–water partition coefficient (Wildman–Crippen LogP) is 3.73. The van der Waals surface area contributed by atoms with Crippen LogP contribution in [-0.4, -0.2) is 33.3 Å². The van der Waals surface area contributed by atoms with Gasteiger partial charge in [-0.25, -0.2) is 9.97 Å². The number of aromatic nitrogens is 2. The maximum atomic E-state index is 4.73. The molecule has 0 spiro atoms. The predicted molar refractivity (Wildman–Crippen MR) is 90.8 cm³/mol. The topological polar surface area (TPSA) is 37.8 Å². The molecule has 0 aromatic carbocycles. The van der Waals surface area contributed by atoms with Gasteiger partial charge in [0, 0.05) is 23.3 Å². The van der Waals surface area contributed by atoms with Gasteiger partial charge in [-0.15, -0.1) is 11.8 Å². The molecule has 1 fully saturated rings. The Kier molecular flexibility index (Phi) is 5.44. The first kappa shape index (κ1) is 14.7. The summed E-state index contributed by atoms with van der Waals surface area (Å²) in [7, 11) is 0. The van der Waals surface area contributed by atoms with Crippen LogP contribution < -0.4 is 5.32 Å². The lowest BCUT2D eigenvalue weighted by Gasteiger charge is -2.27. The summed E-state index contributed by atoms with van der Waals surface area (Å²) < 4.78 is 1.14. The number of aryl methyl sites for hydroxylation is 1. The van der Waals surface area contributed by atoms with Crippen LogP contribution in [0.2, 0.25) is 0 Å². The summed E-state index contributed by atoms with van der Waals surface area (Å²) >= 11 is 6.34. The van der Waals surface area contributed by atoms with E-state index in [2.05, 4.69) is 48.7 Å². The Morgan fingerprint density at radius 1 is 1.33 bits per heavy atom. The number of thioether (sulfide) groups is 2. The van der Waals surface area contributed by atoms with Crippen LogP contribution in [-0.2, 0) is 0 Å². The van der Waals surface area contributed by atoms with Crippen LogP contribution in [0.4, 0.5) is 5.82 Å². The fraction of sp³-hybridized carbons (Fsp3) is 0.667. The van der Waals surface area contributed by atoms with Crippen LogP contribution in [0, 0.1) is 10.5 Å². The van der Waals surface area contributed by atoms with Crippen molar-refractivity contribution in [2.75, 3.05) is 23.4 Å². The van der Waals surface area contributed by atoms with Crippen molar-refractivity contribution in [2.24, 2.45) is 0 Å². The highest BCUT2D eigenvalue weighted by Gasteiger charge is 2.27. The van der Waals surface area contributed by atoms with Gasteiger partial charge in [0.1, 0.15) is 11.6 Å². The summed E-state index contributed by atoms with van der Waals surface area (Å²) in [6.45, 7) is 7.35. The first-order valence-electron chi connectivity index (χ1n) is 6.14. The zero-order valence-corrected chi connectivity index (χ0v) is 14.7. The van der Waals surface area contributed by atoms with Gasteiger partial charge in [-0.05, 0) is 36.4 Å². The van der Waals surface area contributed by atoms with Crippen molar-refractivity contribution in [1.82, 2.24) is 9.97 Å². The molecule has 2 unspecified atom stereocenters. The van der Waals surface area contributed by atoms with Gasteiger partial charge >= 0.3 is 0 Å². The highest BCUT2D eigenvalue weighted by Crippen LogP contribution is 2.41. The van der Waals surface area contributed by atoms with E-state index in [0.717, 1.165) is 27.5 Å². The Balaban J connectivity index is 2.32. The summed E-state index contributed by atoms with van der Waals surface area (Å²) in [5.74, 6) is 4.42. The quantitative estimate of drug-likeness (QED) is 0.790. The third-order valence-corrected chi connectivity index (χ3v) is 7.20. The highest BCUT2D eigenvalue weighted by molar-refractivity contribution is 14.1. The molecule has 1 aliphatic heterocycles. The third kappa shape index (κ3) is 3.25. The lowest BCUT2D eigenvalue weighted by molar-refractivity contribution is 0.811. The lowest BCUT2D eigenvalue weighted by Crippen LogP contribution is -2.19. The molecule has 6 heteroatoms. The van der Waals surface area contributed by atoms with Gasteiger partial charge in [0.25, 0.3) is 0 Å². The van der Waals surface area contributed by atoms with E-state index in [1.54, 1.807) is 0 Å². The molecule has 18 heavy (non-hydrogen) atoms. The number of halogens is 1. The van der Waals surface area contributed by atoms with E-state index in [-0.39, 0.29) is 0 Å². The molecule has 1 aromatic heterocycles. The highest BCUT2D eigenvalue weighted by atomic mass is 127. The zero-order chi connectivity index (χ0) is 13.1. The molecule has 1 saturated heterocycles. The van der Waals surface area contributed by atoms with Gasteiger partial charge in [0.05, 0.1) is 14.5 Å². The minimum atomic E-state index is 0.428. The van der Waals surface area contributed by atoms with Crippen molar-refractivity contribution < 1.29 is 0 Å². The van der Waals surface area contributed by atoms with E-state index in [1.165, 1.54) is 11.5 Å². The Bertz CT molecular complexity index is 428. The van der Waals surface area contributed by atoms with Crippen LogP contribution in [0.1, 0.15) is 30.6 Å². The molecule has 0 amide bonds. The minimum Gasteiger partial charge on any atom is -0.369 e. The van der Waals surface area contributed by atoms with Crippen molar-refractivity contribution in [3.05, 3.63) is 15.1 Å². The molecule has 2 rings (SSSR count). The second-order valence-electron chi connectivity index (χ2n) is 4.23. The normalized spacial score (nSPS) is 24.0. The fourth-order valence-electron chi connectivity index (χ4n) is 1.91. The SMILES string of the molecule is CCNc1nc(C2SCCSC2C)nc(C)c1I. The Morgan fingerprint density at radius 2 is 2.06 bits per heavy atom. The van der Waals surface area contributed by atoms with Crippen LogP contribution >= 0.6 is 46.1 Å². The summed E-state index contributed by atoms with van der Waals surface area (Å²) in [6, 6.07) is 0. The summed E-state index contributed by atoms with van der Waals surface area (Å²) in [5, 5.41) is 4.36. The molecule has 2 atom stereocenters. The average molecular weight is 395 g/mol. The average Bonchev–Trinajstić information content (AvgIpc) is 2.35. The van der Waals surface area contributed by atoms with E-state index in [0.29, 0.717) is 10.5 Å². The fourth-order valence-corrected chi connectivity index (χ4v) is 5.03. The van der Waals surface area contributed by atoms with Gasteiger partial charge in [0.15, 0.2) is 0 Å². The number of hydrogen-bond acceptors (Lipinski definition) is 5. The van der Waals surface area contributed by atoms with E-state index >= 15 is 0 Å². The Hall–Kier alpha value is 0.310. The Morgan fingerprint density at radius 3 is 2.72 bits per heavy atom. The molecule has 0 saturated carbocycles. The summed E-state index contributed by atoms with van der Waals surface area (Å²) in [5.41, 5.74) is 1.08. The first-order valence-corrected chi connectivity index (χ1v) is 9.32. The van der Waals surface area contributed by atoms with Gasteiger partial charge < -0.3 is 5.32 Å². The molecular formula is C12H18IN3S2. The van der Waals surface area contributed by atoms with Gasteiger partial charge in [-0.1, -0.05) is 6.92 Å². The maximum Gasteiger partial charge on any atom is 0.145 e. The molecule has 1 aromatic rings. The molecular weight excluding hydrogens is 377 g/mol. The Labute approximate surface area is 131 Å². The van der Waals surface area contributed by atoms with E-state index in [4.69, 9.17) is 9.97 Å². The standard InChI is InChI=1S/C12H18IN3S2/c1-4-14-11-9(13)7(2)15-12(16-11)10-8(3)17-5-6-18-10/h8,10H,4-6H2,1-3H3,(H,14,15,16). The smallest absolute Gasteiger partial charge is 0.145 e. The van der Waals surface area contributed by atoms with Crippen LogP contribution in [0.5, 0.6) is 0 Å². The summed E-state index contributed by atoms with van der Waals surface area (Å²) in [4.78, 5) is 9.43. The summed E-state index contributed by atoms with van der Waals surface area (Å²) in [6.07, 6.45) is 0. The lowest BCUT2D eigenvalue weighted by atomic mass is 10.3. The molecule has 3 nitrogen and oxygen atoms in total.